The van der Waals surface area contributed by atoms with Gasteiger partial charge in [-0.05, 0) is 12.1 Å². The number of thiazole rings is 1. The number of carbonyl (C=O) groups is 2. The van der Waals surface area contributed by atoms with Gasteiger partial charge in [0.25, 0.3) is 11.8 Å². The van der Waals surface area contributed by atoms with Gasteiger partial charge in [-0.15, -0.1) is 11.3 Å². The van der Waals surface area contributed by atoms with E-state index in [0.717, 1.165) is 0 Å². The van der Waals surface area contributed by atoms with Crippen LogP contribution in [-0.4, -0.2) is 68.2 Å². The van der Waals surface area contributed by atoms with Gasteiger partial charge in [0.2, 0.25) is 0 Å². The number of imide groups is 1. The Hall–Kier alpha value is -0.624. The summed E-state index contributed by atoms with van der Waals surface area (Å²) in [5.74, 6) is -0.601. The normalized spacial score (nSPS) is 12.7. The monoisotopic (exact) mass is 368 g/mol. The summed E-state index contributed by atoms with van der Waals surface area (Å²) in [6.45, 7) is 0.0482. The van der Waals surface area contributed by atoms with Crippen LogP contribution in [0, 0.1) is 0 Å². The maximum absolute atomic E-state index is 11.8. The molecule has 0 fully saturated rings. The summed E-state index contributed by atoms with van der Waals surface area (Å²) in [5.41, 5.74) is 6.30. The number of nitrogens with zero attached hydrogens (tertiary/aromatic N) is 1. The summed E-state index contributed by atoms with van der Waals surface area (Å²) in [5, 5.41) is 2.68. The number of rotatable bonds is 1. The molecular weight excluding hydrogens is 358 g/mol. The van der Waals surface area contributed by atoms with E-state index in [1.165, 1.54) is 5.38 Å². The van der Waals surface area contributed by atoms with E-state index in [1.807, 2.05) is 0 Å². The molecule has 1 aromatic heterocycles. The van der Waals surface area contributed by atoms with Crippen LogP contribution in [-0.2, 0) is 12.7 Å². The van der Waals surface area contributed by atoms with Crippen molar-refractivity contribution in [1.29, 1.82) is 0 Å². The van der Waals surface area contributed by atoms with Crippen LogP contribution in [0.15, 0.2) is 29.6 Å². The molecule has 117 valence electrons. The Balaban J connectivity index is 0.000000220. The molecule has 10 heteroatoms. The van der Waals surface area contributed by atoms with Gasteiger partial charge in [0.05, 0.1) is 16.8 Å². The fourth-order valence-corrected chi connectivity index (χ4v) is 2.35. The Morgan fingerprint density at radius 1 is 1.13 bits per heavy atom. The Morgan fingerprint density at radius 2 is 1.65 bits per heavy atom. The number of aromatic nitrogens is 1. The van der Waals surface area contributed by atoms with Crippen LogP contribution in [0.4, 0.5) is 13.2 Å². The first kappa shape index (κ1) is 20.4. The predicted molar refractivity (Wildman–Crippen MR) is 79.0 cm³/mol. The summed E-state index contributed by atoms with van der Waals surface area (Å²) < 4.78 is 35.5. The second kappa shape index (κ2) is 8.47. The minimum absolute atomic E-state index is 0. The second-order valence-corrected chi connectivity index (χ2v) is 5.03. The third-order valence-electron chi connectivity index (χ3n) is 2.65. The van der Waals surface area contributed by atoms with E-state index < -0.39 is 11.2 Å². The minimum atomic E-state index is -4.34. The summed E-state index contributed by atoms with van der Waals surface area (Å²) in [6, 6.07) is 6.74. The SMILES string of the molecule is NCc1csc(C(F)(F)F)n1.O=C1NC(=O)c2ccccc21.[K]. The molecule has 1 aromatic carbocycles. The zero-order chi connectivity index (χ0) is 16.3. The third kappa shape index (κ3) is 5.18. The van der Waals surface area contributed by atoms with E-state index in [4.69, 9.17) is 5.73 Å². The largest absolute Gasteiger partial charge is 0.443 e. The van der Waals surface area contributed by atoms with Crippen LogP contribution in [0.2, 0.25) is 0 Å². The number of halogens is 3. The molecule has 3 rings (SSSR count). The van der Waals surface area contributed by atoms with Crippen molar-refractivity contribution in [2.45, 2.75) is 12.7 Å². The van der Waals surface area contributed by atoms with Gasteiger partial charge in [0, 0.05) is 63.3 Å². The molecule has 0 saturated carbocycles. The molecule has 2 heterocycles. The maximum atomic E-state index is 11.8. The average Bonchev–Trinajstić information content (AvgIpc) is 3.06. The van der Waals surface area contributed by atoms with Crippen LogP contribution in [0.1, 0.15) is 31.4 Å². The van der Waals surface area contributed by atoms with E-state index in [-0.39, 0.29) is 75.4 Å². The minimum Gasteiger partial charge on any atom is -0.325 e. The van der Waals surface area contributed by atoms with Crippen molar-refractivity contribution in [3.8, 4) is 0 Å². The van der Waals surface area contributed by atoms with Crippen LogP contribution in [0.25, 0.3) is 0 Å². The number of nitrogens with one attached hydrogen (secondary N) is 1. The molecule has 1 aliphatic heterocycles. The van der Waals surface area contributed by atoms with Crippen LogP contribution < -0.4 is 11.1 Å². The Labute approximate surface area is 175 Å². The maximum Gasteiger partial charge on any atom is 0.443 e. The van der Waals surface area contributed by atoms with Crippen molar-refractivity contribution in [3.05, 3.63) is 51.5 Å². The quantitative estimate of drug-likeness (QED) is 0.594. The van der Waals surface area contributed by atoms with Crippen molar-refractivity contribution in [2.75, 3.05) is 0 Å². The first-order chi connectivity index (χ1) is 10.3. The summed E-state index contributed by atoms with van der Waals surface area (Å²) in [6.07, 6.45) is -4.34. The summed E-state index contributed by atoms with van der Waals surface area (Å²) in [4.78, 5) is 25.2. The Morgan fingerprint density at radius 3 is 2.00 bits per heavy atom. The number of benzene rings is 1. The number of carbonyl (C=O) groups excluding carboxylic acids is 2. The summed E-state index contributed by atoms with van der Waals surface area (Å²) in [7, 11) is 0. The van der Waals surface area contributed by atoms with Crippen LogP contribution >= 0.6 is 11.3 Å². The molecule has 3 N–H and O–H groups in total. The number of hydrogen-bond acceptors (Lipinski definition) is 5. The van der Waals surface area contributed by atoms with Crippen LogP contribution in [0.5, 0.6) is 0 Å². The van der Waals surface area contributed by atoms with Gasteiger partial charge < -0.3 is 5.73 Å². The molecule has 23 heavy (non-hydrogen) atoms. The van der Waals surface area contributed by atoms with Crippen LogP contribution in [0.3, 0.4) is 0 Å². The van der Waals surface area contributed by atoms with Gasteiger partial charge in [0.15, 0.2) is 5.01 Å². The van der Waals surface area contributed by atoms with Gasteiger partial charge in [-0.2, -0.15) is 13.2 Å². The zero-order valence-electron chi connectivity index (χ0n) is 12.0. The molecule has 1 aliphatic rings. The van der Waals surface area contributed by atoms with Crippen molar-refractivity contribution in [1.82, 2.24) is 10.3 Å². The number of hydrogen-bond donors (Lipinski definition) is 2. The van der Waals surface area contributed by atoms with Gasteiger partial charge in [0.1, 0.15) is 0 Å². The van der Waals surface area contributed by atoms with Crippen molar-refractivity contribution >= 4 is 74.5 Å². The van der Waals surface area contributed by atoms with Gasteiger partial charge in [-0.3, -0.25) is 14.9 Å². The molecule has 0 saturated heterocycles. The number of fused-ring (bicyclic) bond motifs is 1. The Bertz CT molecular complexity index is 685. The van der Waals surface area contributed by atoms with E-state index >= 15 is 0 Å². The predicted octanol–water partition coefficient (Wildman–Crippen LogP) is 1.81. The fraction of sp³-hybridized carbons (Fsp3) is 0.154. The fourth-order valence-electron chi connectivity index (χ4n) is 1.65. The molecule has 5 nitrogen and oxygen atoms in total. The molecule has 2 aromatic rings. The molecule has 0 spiro atoms. The molecule has 1 radical (unpaired) electrons. The standard InChI is InChI=1S/C8H5NO2.C5H5F3N2S.K/c10-7-5-3-1-2-4-6(5)8(11)9-7;6-5(7,8)4-10-3(1-9)2-11-4;/h1-4H,(H,9,10,11);2H,1,9H2;. The second-order valence-electron chi connectivity index (χ2n) is 4.17. The van der Waals surface area contributed by atoms with Gasteiger partial charge >= 0.3 is 6.18 Å². The molecule has 0 aliphatic carbocycles. The summed E-state index contributed by atoms with van der Waals surface area (Å²) >= 11 is 0.565. The number of amides is 2. The topological polar surface area (TPSA) is 85.1 Å². The molecular formula is C13H10F3KN3O2S. The van der Waals surface area contributed by atoms with Gasteiger partial charge in [-0.1, -0.05) is 12.1 Å². The number of alkyl halides is 3. The van der Waals surface area contributed by atoms with E-state index in [1.54, 1.807) is 24.3 Å². The molecule has 0 bridgehead atoms. The average molecular weight is 368 g/mol. The molecule has 2 amide bonds. The van der Waals surface area contributed by atoms with Crippen molar-refractivity contribution in [3.63, 3.8) is 0 Å². The first-order valence-electron chi connectivity index (χ1n) is 5.99. The van der Waals surface area contributed by atoms with E-state index in [2.05, 4.69) is 10.3 Å². The molecule has 0 unspecified atom stereocenters. The van der Waals surface area contributed by atoms with E-state index in [0.29, 0.717) is 22.5 Å². The Kier molecular flexibility index (Phi) is 7.52. The zero-order valence-corrected chi connectivity index (χ0v) is 15.9. The third-order valence-corrected chi connectivity index (χ3v) is 3.58. The smallest absolute Gasteiger partial charge is 0.325 e. The van der Waals surface area contributed by atoms with Crippen molar-refractivity contribution in [2.24, 2.45) is 5.73 Å². The molecule has 0 atom stereocenters. The first-order valence-corrected chi connectivity index (χ1v) is 6.87. The van der Waals surface area contributed by atoms with Crippen molar-refractivity contribution < 1.29 is 22.8 Å². The van der Waals surface area contributed by atoms with E-state index in [9.17, 15) is 22.8 Å². The van der Waals surface area contributed by atoms with Gasteiger partial charge in [-0.25, -0.2) is 4.98 Å². The number of nitrogens with two attached hydrogens (primary N) is 1.